The smallest absolute Gasteiger partial charge is 0.253 e. The maximum absolute atomic E-state index is 12.2. The summed E-state index contributed by atoms with van der Waals surface area (Å²) < 4.78 is 22.9. The number of sulfone groups is 1. The Hall–Kier alpha value is -1.87. The van der Waals surface area contributed by atoms with Crippen LogP contribution in [0.1, 0.15) is 23.7 Å². The number of amides is 1. The summed E-state index contributed by atoms with van der Waals surface area (Å²) >= 11 is 0. The minimum atomic E-state index is -3.34. The molecule has 0 aromatic heterocycles. The van der Waals surface area contributed by atoms with E-state index in [1.165, 1.54) is 23.1 Å². The second kappa shape index (κ2) is 5.85. The fourth-order valence-corrected chi connectivity index (χ4v) is 2.20. The average molecular weight is 280 g/mol. The van der Waals surface area contributed by atoms with E-state index in [0.29, 0.717) is 5.56 Å². The van der Waals surface area contributed by atoms with E-state index in [4.69, 9.17) is 5.26 Å². The molecule has 0 saturated carbocycles. The van der Waals surface area contributed by atoms with Crippen LogP contribution in [0.5, 0.6) is 0 Å². The molecule has 19 heavy (non-hydrogen) atoms. The minimum absolute atomic E-state index is 0.111. The van der Waals surface area contributed by atoms with Crippen LogP contribution >= 0.6 is 0 Å². The summed E-state index contributed by atoms with van der Waals surface area (Å²) in [7, 11) is -1.74. The Morgan fingerprint density at radius 3 is 2.63 bits per heavy atom. The molecule has 102 valence electrons. The molecule has 0 aliphatic rings. The van der Waals surface area contributed by atoms with Crippen molar-refractivity contribution >= 4 is 15.7 Å². The molecular formula is C13H16N2O3S. The van der Waals surface area contributed by atoms with E-state index < -0.39 is 9.84 Å². The van der Waals surface area contributed by atoms with Crippen molar-refractivity contribution in [2.24, 2.45) is 0 Å². The van der Waals surface area contributed by atoms with Crippen molar-refractivity contribution in [2.75, 3.05) is 13.3 Å². The van der Waals surface area contributed by atoms with E-state index in [9.17, 15) is 13.2 Å². The Morgan fingerprint density at radius 2 is 2.11 bits per heavy atom. The molecule has 1 atom stereocenters. The van der Waals surface area contributed by atoms with Gasteiger partial charge >= 0.3 is 0 Å². The Labute approximate surface area is 113 Å². The van der Waals surface area contributed by atoms with E-state index >= 15 is 0 Å². The number of hydrogen-bond acceptors (Lipinski definition) is 4. The van der Waals surface area contributed by atoms with Crippen molar-refractivity contribution in [3.8, 4) is 6.07 Å². The summed E-state index contributed by atoms with van der Waals surface area (Å²) in [4.78, 5) is 13.7. The van der Waals surface area contributed by atoms with Gasteiger partial charge < -0.3 is 4.90 Å². The van der Waals surface area contributed by atoms with Gasteiger partial charge in [-0.25, -0.2) is 8.42 Å². The lowest BCUT2D eigenvalue weighted by Crippen LogP contribution is -2.34. The molecule has 0 radical (unpaired) electrons. The molecule has 1 rings (SSSR count). The molecule has 0 saturated heterocycles. The van der Waals surface area contributed by atoms with E-state index in [1.807, 2.05) is 6.07 Å². The maximum atomic E-state index is 12.2. The van der Waals surface area contributed by atoms with Gasteiger partial charge in [-0.3, -0.25) is 4.79 Å². The number of carbonyl (C=O) groups is 1. The summed E-state index contributed by atoms with van der Waals surface area (Å²) in [5.74, 6) is -0.298. The monoisotopic (exact) mass is 280 g/mol. The molecule has 1 amide bonds. The molecule has 6 heteroatoms. The first-order chi connectivity index (χ1) is 8.77. The minimum Gasteiger partial charge on any atom is -0.338 e. The number of carbonyl (C=O) groups excluding carboxylic acids is 1. The molecule has 5 nitrogen and oxygen atoms in total. The average Bonchev–Trinajstić information content (AvgIpc) is 2.36. The predicted octanol–water partition coefficient (Wildman–Crippen LogP) is 1.46. The Bertz CT molecular complexity index is 617. The van der Waals surface area contributed by atoms with Gasteiger partial charge in [0.05, 0.1) is 17.4 Å². The molecule has 1 unspecified atom stereocenters. The highest BCUT2D eigenvalue weighted by Crippen LogP contribution is 2.14. The largest absolute Gasteiger partial charge is 0.338 e. The van der Waals surface area contributed by atoms with Gasteiger partial charge in [-0.2, -0.15) is 5.26 Å². The zero-order chi connectivity index (χ0) is 14.6. The first-order valence-corrected chi connectivity index (χ1v) is 7.60. The highest BCUT2D eigenvalue weighted by atomic mass is 32.2. The summed E-state index contributed by atoms with van der Waals surface area (Å²) in [5.41, 5.74) is 0.301. The van der Waals surface area contributed by atoms with Gasteiger partial charge in [-0.15, -0.1) is 0 Å². The normalized spacial score (nSPS) is 12.5. The van der Waals surface area contributed by atoms with Crippen LogP contribution in [0.2, 0.25) is 0 Å². The summed E-state index contributed by atoms with van der Waals surface area (Å²) in [6, 6.07) is 7.68. The zero-order valence-electron chi connectivity index (χ0n) is 11.1. The van der Waals surface area contributed by atoms with Gasteiger partial charge in [0.25, 0.3) is 5.91 Å². The van der Waals surface area contributed by atoms with Crippen LogP contribution in [0.3, 0.4) is 0 Å². The van der Waals surface area contributed by atoms with E-state index in [2.05, 4.69) is 0 Å². The van der Waals surface area contributed by atoms with Gasteiger partial charge in [0.2, 0.25) is 0 Å². The van der Waals surface area contributed by atoms with Gasteiger partial charge in [-0.05, 0) is 25.1 Å². The quantitative estimate of drug-likeness (QED) is 0.836. The number of nitriles is 1. The third-order valence-electron chi connectivity index (χ3n) is 2.88. The third-order valence-corrected chi connectivity index (χ3v) is 3.99. The van der Waals surface area contributed by atoms with Crippen LogP contribution in [-0.4, -0.2) is 38.6 Å². The van der Waals surface area contributed by atoms with Crippen molar-refractivity contribution in [3.63, 3.8) is 0 Å². The van der Waals surface area contributed by atoms with Crippen LogP contribution < -0.4 is 0 Å². The van der Waals surface area contributed by atoms with E-state index in [0.717, 1.165) is 6.26 Å². The molecule has 0 aliphatic heterocycles. The molecule has 0 N–H and O–H groups in total. The Kier molecular flexibility index (Phi) is 4.67. The van der Waals surface area contributed by atoms with E-state index in [1.54, 1.807) is 20.0 Å². The van der Waals surface area contributed by atoms with Crippen LogP contribution in [-0.2, 0) is 9.84 Å². The number of benzene rings is 1. The highest BCUT2D eigenvalue weighted by molar-refractivity contribution is 7.90. The summed E-state index contributed by atoms with van der Waals surface area (Å²) in [6.07, 6.45) is 1.33. The van der Waals surface area contributed by atoms with Gasteiger partial charge in [0, 0.05) is 24.9 Å². The lowest BCUT2D eigenvalue weighted by molar-refractivity contribution is 0.0746. The van der Waals surface area contributed by atoms with Crippen LogP contribution in [0, 0.1) is 11.3 Å². The SMILES string of the molecule is CC(CC#N)N(C)C(=O)c1cccc(S(C)(=O)=O)c1. The van der Waals surface area contributed by atoms with E-state index in [-0.39, 0.29) is 23.3 Å². The zero-order valence-corrected chi connectivity index (χ0v) is 11.9. The standard InChI is InChI=1S/C13H16N2O3S/c1-10(7-8-14)15(2)13(16)11-5-4-6-12(9-11)19(3,17)18/h4-6,9-10H,7H2,1-3H3. The van der Waals surface area contributed by atoms with Crippen LogP contribution in [0.4, 0.5) is 0 Å². The predicted molar refractivity (Wildman–Crippen MR) is 71.3 cm³/mol. The molecule has 0 heterocycles. The lowest BCUT2D eigenvalue weighted by Gasteiger charge is -2.23. The molecule has 1 aromatic carbocycles. The van der Waals surface area contributed by atoms with Gasteiger partial charge in [0.15, 0.2) is 9.84 Å². The lowest BCUT2D eigenvalue weighted by atomic mass is 10.1. The fraction of sp³-hybridized carbons (Fsp3) is 0.385. The van der Waals surface area contributed by atoms with Crippen molar-refractivity contribution < 1.29 is 13.2 Å². The molecule has 0 spiro atoms. The Balaban J connectivity index is 3.05. The number of rotatable bonds is 4. The molecule has 0 aliphatic carbocycles. The van der Waals surface area contributed by atoms with Gasteiger partial charge in [0.1, 0.15) is 0 Å². The molecule has 1 aromatic rings. The molecular weight excluding hydrogens is 264 g/mol. The second-order valence-electron chi connectivity index (χ2n) is 4.43. The highest BCUT2D eigenvalue weighted by Gasteiger charge is 2.18. The third kappa shape index (κ3) is 3.80. The van der Waals surface area contributed by atoms with Crippen molar-refractivity contribution in [1.82, 2.24) is 4.90 Å². The van der Waals surface area contributed by atoms with Crippen LogP contribution in [0.15, 0.2) is 29.2 Å². The van der Waals surface area contributed by atoms with Crippen molar-refractivity contribution in [1.29, 1.82) is 5.26 Å². The fourth-order valence-electron chi connectivity index (χ4n) is 1.53. The number of nitrogens with zero attached hydrogens (tertiary/aromatic N) is 2. The van der Waals surface area contributed by atoms with Crippen molar-refractivity contribution in [2.45, 2.75) is 24.3 Å². The topological polar surface area (TPSA) is 78.2 Å². The van der Waals surface area contributed by atoms with Gasteiger partial charge in [-0.1, -0.05) is 6.07 Å². The second-order valence-corrected chi connectivity index (χ2v) is 6.44. The summed E-state index contributed by atoms with van der Waals surface area (Å²) in [5, 5.41) is 8.62. The maximum Gasteiger partial charge on any atom is 0.253 e. The number of hydrogen-bond donors (Lipinski definition) is 0. The van der Waals surface area contributed by atoms with Crippen LogP contribution in [0.25, 0.3) is 0 Å². The molecule has 0 fully saturated rings. The Morgan fingerprint density at radius 1 is 1.47 bits per heavy atom. The first kappa shape index (κ1) is 15.2. The van der Waals surface area contributed by atoms with Crippen molar-refractivity contribution in [3.05, 3.63) is 29.8 Å². The molecule has 0 bridgehead atoms. The summed E-state index contributed by atoms with van der Waals surface area (Å²) in [6.45, 7) is 1.77. The first-order valence-electron chi connectivity index (χ1n) is 5.71.